The zero-order valence-corrected chi connectivity index (χ0v) is 14.0. The maximum Gasteiger partial charge on any atom is 0.319 e. The predicted molar refractivity (Wildman–Crippen MR) is 90.0 cm³/mol. The number of aliphatic hydroxyl groups excluding tert-OH is 1. The summed E-state index contributed by atoms with van der Waals surface area (Å²) in [5, 5.41) is 14.1. The van der Waals surface area contributed by atoms with Crippen molar-refractivity contribution in [2.24, 2.45) is 0 Å². The Labute approximate surface area is 141 Å². The average molecular weight is 333 g/mol. The molecule has 0 unspecified atom stereocenters. The molecule has 1 aliphatic rings. The first-order valence-electron chi connectivity index (χ1n) is 8.13. The number of unbranched alkanes of at least 4 members (excludes halogenated alkanes) is 2. The van der Waals surface area contributed by atoms with E-state index in [1.165, 1.54) is 11.0 Å². The van der Waals surface area contributed by atoms with Crippen LogP contribution < -0.4 is 10.6 Å². The van der Waals surface area contributed by atoms with Crippen molar-refractivity contribution >= 4 is 23.5 Å². The second-order valence-corrected chi connectivity index (χ2v) is 6.00. The maximum atomic E-state index is 12.3. The van der Waals surface area contributed by atoms with Crippen molar-refractivity contribution in [1.29, 1.82) is 0 Å². The Morgan fingerprint density at radius 3 is 2.50 bits per heavy atom. The summed E-state index contributed by atoms with van der Waals surface area (Å²) >= 11 is 0. The lowest BCUT2D eigenvalue weighted by Crippen LogP contribution is -2.35. The molecule has 130 valence electrons. The van der Waals surface area contributed by atoms with Gasteiger partial charge in [-0.3, -0.25) is 14.5 Å². The Balaban J connectivity index is 1.97. The molecule has 7 heteroatoms. The molecular weight excluding hydrogens is 310 g/mol. The van der Waals surface area contributed by atoms with Crippen LogP contribution in [0.15, 0.2) is 18.2 Å². The highest BCUT2D eigenvalue weighted by atomic mass is 16.3. The van der Waals surface area contributed by atoms with Crippen molar-refractivity contribution in [2.45, 2.75) is 39.2 Å². The number of aliphatic hydroxyl groups is 1. The first-order chi connectivity index (χ1) is 11.5. The quantitative estimate of drug-likeness (QED) is 0.525. The number of fused-ring (bicyclic) bond motifs is 1. The van der Waals surface area contributed by atoms with Gasteiger partial charge in [-0.15, -0.1) is 0 Å². The molecule has 0 radical (unpaired) electrons. The van der Waals surface area contributed by atoms with E-state index in [0.29, 0.717) is 23.4 Å². The van der Waals surface area contributed by atoms with Crippen molar-refractivity contribution in [3.05, 3.63) is 29.3 Å². The smallest absolute Gasteiger partial charge is 0.319 e. The molecule has 4 amide bonds. The molecule has 0 bridgehead atoms. The molecule has 1 aromatic carbocycles. The van der Waals surface area contributed by atoms with Gasteiger partial charge in [-0.05, 0) is 51.3 Å². The van der Waals surface area contributed by atoms with Crippen molar-refractivity contribution in [2.75, 3.05) is 18.5 Å². The normalized spacial score (nSPS) is 13.4. The molecule has 3 N–H and O–H groups in total. The summed E-state index contributed by atoms with van der Waals surface area (Å²) < 4.78 is 0. The first-order valence-corrected chi connectivity index (χ1v) is 8.13. The molecule has 0 aliphatic carbocycles. The van der Waals surface area contributed by atoms with E-state index in [-0.39, 0.29) is 30.5 Å². The lowest BCUT2D eigenvalue weighted by molar-refractivity contribution is 0.0609. The summed E-state index contributed by atoms with van der Waals surface area (Å²) in [7, 11) is 0. The lowest BCUT2D eigenvalue weighted by Gasteiger charge is -2.17. The summed E-state index contributed by atoms with van der Waals surface area (Å²) in [6, 6.07) is 4.13. The van der Waals surface area contributed by atoms with E-state index in [1.807, 2.05) is 0 Å². The van der Waals surface area contributed by atoms with Crippen LogP contribution in [-0.4, -0.2) is 47.0 Å². The van der Waals surface area contributed by atoms with Gasteiger partial charge in [0.25, 0.3) is 11.8 Å². The van der Waals surface area contributed by atoms with Gasteiger partial charge in [0, 0.05) is 24.9 Å². The van der Waals surface area contributed by atoms with E-state index in [1.54, 1.807) is 26.0 Å². The molecule has 1 aliphatic heterocycles. The number of carbonyl (C=O) groups excluding carboxylic acids is 3. The van der Waals surface area contributed by atoms with E-state index in [9.17, 15) is 14.4 Å². The van der Waals surface area contributed by atoms with Gasteiger partial charge in [0.05, 0.1) is 11.1 Å². The van der Waals surface area contributed by atoms with Gasteiger partial charge in [0.2, 0.25) is 0 Å². The van der Waals surface area contributed by atoms with Crippen LogP contribution in [0.3, 0.4) is 0 Å². The Morgan fingerprint density at radius 2 is 1.83 bits per heavy atom. The molecule has 0 fully saturated rings. The third-order valence-electron chi connectivity index (χ3n) is 3.81. The average Bonchev–Trinajstić information content (AvgIpc) is 2.78. The second-order valence-electron chi connectivity index (χ2n) is 6.00. The molecule has 0 saturated carbocycles. The number of nitrogens with zero attached hydrogens (tertiary/aromatic N) is 1. The molecule has 2 rings (SSSR count). The van der Waals surface area contributed by atoms with E-state index in [0.717, 1.165) is 19.3 Å². The highest BCUT2D eigenvalue weighted by molar-refractivity contribution is 6.22. The highest BCUT2D eigenvalue weighted by Crippen LogP contribution is 2.27. The number of benzene rings is 1. The van der Waals surface area contributed by atoms with Crippen LogP contribution in [0.1, 0.15) is 53.8 Å². The van der Waals surface area contributed by atoms with Gasteiger partial charge in [-0.2, -0.15) is 0 Å². The molecular formula is C17H23N3O4. The van der Waals surface area contributed by atoms with Crippen LogP contribution in [0.4, 0.5) is 10.5 Å². The summed E-state index contributed by atoms with van der Waals surface area (Å²) in [5.41, 5.74) is 1.14. The fourth-order valence-corrected chi connectivity index (χ4v) is 2.60. The third-order valence-corrected chi connectivity index (χ3v) is 3.81. The topological polar surface area (TPSA) is 98.7 Å². The SMILES string of the molecule is CC(C)N1C(=O)c2ccc(NC(=O)NCCCCCO)cc2C1=O. The van der Waals surface area contributed by atoms with Crippen LogP contribution in [-0.2, 0) is 0 Å². The lowest BCUT2D eigenvalue weighted by atomic mass is 10.1. The van der Waals surface area contributed by atoms with Gasteiger partial charge in [0.15, 0.2) is 0 Å². The van der Waals surface area contributed by atoms with Crippen molar-refractivity contribution in [3.63, 3.8) is 0 Å². The van der Waals surface area contributed by atoms with Gasteiger partial charge < -0.3 is 15.7 Å². The first kappa shape index (κ1) is 17.9. The largest absolute Gasteiger partial charge is 0.396 e. The van der Waals surface area contributed by atoms with E-state index < -0.39 is 0 Å². The Hall–Kier alpha value is -2.41. The summed E-state index contributed by atoms with van der Waals surface area (Å²) in [6.07, 6.45) is 2.35. The van der Waals surface area contributed by atoms with Crippen LogP contribution in [0.25, 0.3) is 0 Å². The number of nitrogens with one attached hydrogen (secondary N) is 2. The fourth-order valence-electron chi connectivity index (χ4n) is 2.60. The number of imide groups is 1. The number of urea groups is 1. The molecule has 1 aromatic rings. The minimum absolute atomic E-state index is 0.154. The number of anilines is 1. The maximum absolute atomic E-state index is 12.3. The zero-order chi connectivity index (χ0) is 17.7. The van der Waals surface area contributed by atoms with Gasteiger partial charge in [-0.25, -0.2) is 4.79 Å². The molecule has 1 heterocycles. The standard InChI is InChI=1S/C17H23N3O4/c1-11(2)20-15(22)13-7-6-12(10-14(13)16(20)23)19-17(24)18-8-4-3-5-9-21/h6-7,10-11,21H,3-5,8-9H2,1-2H3,(H2,18,19,24). The molecule has 0 atom stereocenters. The minimum Gasteiger partial charge on any atom is -0.396 e. The predicted octanol–water partition coefficient (Wildman–Crippen LogP) is 1.98. The van der Waals surface area contributed by atoms with Crippen LogP contribution in [0.2, 0.25) is 0 Å². The van der Waals surface area contributed by atoms with Crippen molar-refractivity contribution in [3.8, 4) is 0 Å². The molecule has 7 nitrogen and oxygen atoms in total. The zero-order valence-electron chi connectivity index (χ0n) is 14.0. The Morgan fingerprint density at radius 1 is 1.12 bits per heavy atom. The number of hydrogen-bond acceptors (Lipinski definition) is 4. The van der Waals surface area contributed by atoms with Gasteiger partial charge in [-0.1, -0.05) is 0 Å². The fraction of sp³-hybridized carbons (Fsp3) is 0.471. The van der Waals surface area contributed by atoms with E-state index >= 15 is 0 Å². The minimum atomic E-state index is -0.364. The van der Waals surface area contributed by atoms with Crippen molar-refractivity contribution in [1.82, 2.24) is 10.2 Å². The monoisotopic (exact) mass is 333 g/mol. The highest BCUT2D eigenvalue weighted by Gasteiger charge is 2.37. The molecule has 0 aromatic heterocycles. The Bertz CT molecular complexity index is 643. The second kappa shape index (κ2) is 7.92. The summed E-state index contributed by atoms with van der Waals surface area (Å²) in [5.74, 6) is -0.636. The van der Waals surface area contributed by atoms with E-state index in [4.69, 9.17) is 5.11 Å². The number of hydrogen-bond donors (Lipinski definition) is 3. The summed E-state index contributed by atoms with van der Waals surface area (Å²) in [6.45, 7) is 4.23. The van der Waals surface area contributed by atoms with Crippen LogP contribution in [0, 0.1) is 0 Å². The van der Waals surface area contributed by atoms with Crippen LogP contribution >= 0.6 is 0 Å². The Kier molecular flexibility index (Phi) is 5.92. The number of amides is 4. The number of carbonyl (C=O) groups is 3. The summed E-state index contributed by atoms with van der Waals surface area (Å²) in [4.78, 5) is 37.6. The molecule has 24 heavy (non-hydrogen) atoms. The number of rotatable bonds is 7. The molecule has 0 saturated heterocycles. The van der Waals surface area contributed by atoms with Crippen molar-refractivity contribution < 1.29 is 19.5 Å². The van der Waals surface area contributed by atoms with E-state index in [2.05, 4.69) is 10.6 Å². The molecule has 0 spiro atoms. The van der Waals surface area contributed by atoms with Crippen LogP contribution in [0.5, 0.6) is 0 Å². The van der Waals surface area contributed by atoms with Gasteiger partial charge in [0.1, 0.15) is 0 Å². The third kappa shape index (κ3) is 3.91. The van der Waals surface area contributed by atoms with Gasteiger partial charge >= 0.3 is 6.03 Å².